The molecule has 1 saturated heterocycles. The number of nitrogens with zero attached hydrogens (tertiary/aromatic N) is 2. The zero-order chi connectivity index (χ0) is 14.2. The van der Waals surface area contributed by atoms with E-state index in [9.17, 15) is 5.11 Å². The second-order valence-electron chi connectivity index (χ2n) is 4.98. The van der Waals surface area contributed by atoms with E-state index in [1.54, 1.807) is 18.2 Å². The molecular weight excluding hydrogens is 254 g/mol. The van der Waals surface area contributed by atoms with Crippen LogP contribution in [-0.4, -0.2) is 42.5 Å². The Balaban J connectivity index is 1.72. The molecule has 0 saturated carbocycles. The van der Waals surface area contributed by atoms with Gasteiger partial charge in [0, 0.05) is 19.6 Å². The Labute approximate surface area is 119 Å². The average Bonchev–Trinajstić information content (AvgIpc) is 2.52. The molecule has 2 rings (SSSR count). The Bertz CT molecular complexity index is 453. The number of piperidine rings is 1. The van der Waals surface area contributed by atoms with Crippen molar-refractivity contribution in [1.82, 2.24) is 10.4 Å². The number of nitrogens with one attached hydrogen (secondary N) is 1. The second-order valence-corrected chi connectivity index (χ2v) is 4.98. The standard InChI is InChI=1S/C15H21N3O2/c16-10-13-6-2-3-7-15(13)20-12-14(19)11-17-18-8-4-1-5-9-18/h2-3,6-7,14,17,19H,1,4-5,8-9,11-12H2. The molecule has 1 atom stereocenters. The Morgan fingerprint density at radius 3 is 2.80 bits per heavy atom. The van der Waals surface area contributed by atoms with Crippen LogP contribution >= 0.6 is 0 Å². The number of para-hydroxylation sites is 1. The molecule has 5 heteroatoms. The van der Waals surface area contributed by atoms with Crippen LogP contribution in [0.2, 0.25) is 0 Å². The fourth-order valence-electron chi connectivity index (χ4n) is 2.22. The van der Waals surface area contributed by atoms with E-state index >= 15 is 0 Å². The van der Waals surface area contributed by atoms with E-state index in [4.69, 9.17) is 10.00 Å². The summed E-state index contributed by atoms with van der Waals surface area (Å²) in [6.45, 7) is 2.71. The molecule has 1 unspecified atom stereocenters. The molecule has 0 spiro atoms. The fourth-order valence-corrected chi connectivity index (χ4v) is 2.22. The van der Waals surface area contributed by atoms with Gasteiger partial charge in [0.25, 0.3) is 0 Å². The molecule has 108 valence electrons. The highest BCUT2D eigenvalue weighted by atomic mass is 16.5. The maximum absolute atomic E-state index is 9.91. The van der Waals surface area contributed by atoms with Crippen LogP contribution in [0.25, 0.3) is 0 Å². The van der Waals surface area contributed by atoms with Gasteiger partial charge in [-0.15, -0.1) is 0 Å². The molecule has 20 heavy (non-hydrogen) atoms. The number of hydrogen-bond acceptors (Lipinski definition) is 5. The molecule has 1 aliphatic rings. The summed E-state index contributed by atoms with van der Waals surface area (Å²) < 4.78 is 5.50. The summed E-state index contributed by atoms with van der Waals surface area (Å²) in [6, 6.07) is 9.12. The van der Waals surface area contributed by atoms with Crippen molar-refractivity contribution in [2.45, 2.75) is 25.4 Å². The van der Waals surface area contributed by atoms with Gasteiger partial charge in [-0.25, -0.2) is 5.01 Å². The number of rotatable bonds is 6. The Morgan fingerprint density at radius 1 is 1.30 bits per heavy atom. The molecule has 0 aliphatic carbocycles. The number of aliphatic hydroxyl groups excluding tert-OH is 1. The third-order valence-corrected chi connectivity index (χ3v) is 3.35. The lowest BCUT2D eigenvalue weighted by Crippen LogP contribution is -2.46. The summed E-state index contributed by atoms with van der Waals surface area (Å²) in [5.74, 6) is 0.520. The second kappa shape index (κ2) is 7.85. The average molecular weight is 275 g/mol. The largest absolute Gasteiger partial charge is 0.489 e. The van der Waals surface area contributed by atoms with Crippen molar-refractivity contribution >= 4 is 0 Å². The first-order chi connectivity index (χ1) is 9.79. The molecule has 0 aromatic heterocycles. The minimum atomic E-state index is -0.594. The highest BCUT2D eigenvalue weighted by molar-refractivity contribution is 5.42. The lowest BCUT2D eigenvalue weighted by atomic mass is 10.2. The van der Waals surface area contributed by atoms with Gasteiger partial charge < -0.3 is 9.84 Å². The van der Waals surface area contributed by atoms with Crippen LogP contribution in [0, 0.1) is 11.3 Å². The van der Waals surface area contributed by atoms with Crippen LogP contribution in [0.5, 0.6) is 5.75 Å². The van der Waals surface area contributed by atoms with E-state index in [2.05, 4.69) is 16.5 Å². The van der Waals surface area contributed by atoms with E-state index < -0.39 is 6.10 Å². The van der Waals surface area contributed by atoms with E-state index in [0.717, 1.165) is 13.1 Å². The lowest BCUT2D eigenvalue weighted by molar-refractivity contribution is 0.0683. The summed E-state index contributed by atoms with van der Waals surface area (Å²) in [4.78, 5) is 0. The number of hydrazine groups is 1. The van der Waals surface area contributed by atoms with Gasteiger partial charge in [0.1, 0.15) is 24.5 Å². The monoisotopic (exact) mass is 275 g/mol. The van der Waals surface area contributed by atoms with Crippen LogP contribution in [0.3, 0.4) is 0 Å². The van der Waals surface area contributed by atoms with Gasteiger partial charge in [-0.05, 0) is 25.0 Å². The van der Waals surface area contributed by atoms with Crippen LogP contribution < -0.4 is 10.2 Å². The Kier molecular flexibility index (Phi) is 5.81. The van der Waals surface area contributed by atoms with Crippen molar-refractivity contribution in [2.24, 2.45) is 0 Å². The van der Waals surface area contributed by atoms with Crippen molar-refractivity contribution in [1.29, 1.82) is 5.26 Å². The number of nitriles is 1. The Morgan fingerprint density at radius 2 is 2.05 bits per heavy atom. The smallest absolute Gasteiger partial charge is 0.137 e. The van der Waals surface area contributed by atoms with Gasteiger partial charge >= 0.3 is 0 Å². The number of aliphatic hydroxyl groups is 1. The van der Waals surface area contributed by atoms with Crippen molar-refractivity contribution in [3.63, 3.8) is 0 Å². The predicted octanol–water partition coefficient (Wildman–Crippen LogP) is 1.29. The first kappa shape index (κ1) is 14.8. The predicted molar refractivity (Wildman–Crippen MR) is 76.1 cm³/mol. The van der Waals surface area contributed by atoms with Crippen molar-refractivity contribution in [2.75, 3.05) is 26.2 Å². The molecule has 0 amide bonds. The van der Waals surface area contributed by atoms with E-state index in [0.29, 0.717) is 17.9 Å². The first-order valence-electron chi connectivity index (χ1n) is 7.08. The Hall–Kier alpha value is -1.61. The molecular formula is C15H21N3O2. The van der Waals surface area contributed by atoms with Gasteiger partial charge in [-0.1, -0.05) is 18.6 Å². The van der Waals surface area contributed by atoms with Crippen molar-refractivity contribution in [3.05, 3.63) is 29.8 Å². The highest BCUT2D eigenvalue weighted by Crippen LogP contribution is 2.16. The summed E-state index contributed by atoms with van der Waals surface area (Å²) in [5.41, 5.74) is 3.71. The molecule has 1 fully saturated rings. The van der Waals surface area contributed by atoms with Crippen molar-refractivity contribution < 1.29 is 9.84 Å². The highest BCUT2D eigenvalue weighted by Gasteiger charge is 2.12. The zero-order valence-electron chi connectivity index (χ0n) is 11.6. The zero-order valence-corrected chi connectivity index (χ0v) is 11.6. The fraction of sp³-hybridized carbons (Fsp3) is 0.533. The van der Waals surface area contributed by atoms with Crippen molar-refractivity contribution in [3.8, 4) is 11.8 Å². The van der Waals surface area contributed by atoms with E-state index in [1.165, 1.54) is 19.3 Å². The van der Waals surface area contributed by atoms with Crippen LogP contribution in [0.1, 0.15) is 24.8 Å². The van der Waals surface area contributed by atoms with Crippen LogP contribution in [0.15, 0.2) is 24.3 Å². The van der Waals surface area contributed by atoms with Gasteiger partial charge in [-0.2, -0.15) is 5.26 Å². The minimum Gasteiger partial charge on any atom is -0.489 e. The van der Waals surface area contributed by atoms with Gasteiger partial charge in [-0.3, -0.25) is 5.43 Å². The minimum absolute atomic E-state index is 0.180. The van der Waals surface area contributed by atoms with E-state index in [1.807, 2.05) is 6.07 Å². The SMILES string of the molecule is N#Cc1ccccc1OCC(O)CNN1CCCCC1. The van der Waals surface area contributed by atoms with E-state index in [-0.39, 0.29) is 6.61 Å². The normalized spacial score (nSPS) is 17.4. The third kappa shape index (κ3) is 4.49. The van der Waals surface area contributed by atoms with Gasteiger partial charge in [0.05, 0.1) is 5.56 Å². The molecule has 1 aliphatic heterocycles. The summed E-state index contributed by atoms with van der Waals surface area (Å²) in [6.07, 6.45) is 3.10. The molecule has 2 N–H and O–H groups in total. The summed E-state index contributed by atoms with van der Waals surface area (Å²) >= 11 is 0. The lowest BCUT2D eigenvalue weighted by Gasteiger charge is -2.28. The summed E-state index contributed by atoms with van der Waals surface area (Å²) in [5, 5.41) is 21.0. The maximum atomic E-state index is 9.91. The van der Waals surface area contributed by atoms with Crippen LogP contribution in [-0.2, 0) is 0 Å². The molecule has 1 heterocycles. The number of benzene rings is 1. The molecule has 0 bridgehead atoms. The number of hydrogen-bond donors (Lipinski definition) is 2. The third-order valence-electron chi connectivity index (χ3n) is 3.35. The quantitative estimate of drug-likeness (QED) is 0.819. The summed E-state index contributed by atoms with van der Waals surface area (Å²) in [7, 11) is 0. The molecule has 1 aromatic carbocycles. The number of ether oxygens (including phenoxy) is 1. The topological polar surface area (TPSA) is 68.5 Å². The van der Waals surface area contributed by atoms with Gasteiger partial charge in [0.15, 0.2) is 0 Å². The molecule has 1 aromatic rings. The first-order valence-corrected chi connectivity index (χ1v) is 7.08. The van der Waals surface area contributed by atoms with Gasteiger partial charge in [0.2, 0.25) is 0 Å². The molecule has 0 radical (unpaired) electrons. The van der Waals surface area contributed by atoms with Crippen LogP contribution in [0.4, 0.5) is 0 Å². The maximum Gasteiger partial charge on any atom is 0.137 e. The molecule has 5 nitrogen and oxygen atoms in total.